The van der Waals surface area contributed by atoms with Crippen LogP contribution in [0.3, 0.4) is 0 Å². The molecule has 126 valence electrons. The number of carbonyl (C=O) groups is 1. The number of rotatable bonds is 5. The quantitative estimate of drug-likeness (QED) is 0.772. The second-order valence-electron chi connectivity index (χ2n) is 5.74. The average molecular weight is 334 g/mol. The van der Waals surface area contributed by atoms with Crippen molar-refractivity contribution in [3.05, 3.63) is 71.8 Å². The number of nitrogens with zero attached hydrogens (tertiary/aromatic N) is 4. The van der Waals surface area contributed by atoms with Crippen LogP contribution in [0.15, 0.2) is 54.9 Å². The number of hydrogen-bond acceptors (Lipinski definition) is 5. The van der Waals surface area contributed by atoms with Crippen LogP contribution in [0.4, 0.5) is 5.95 Å². The highest BCUT2D eigenvalue weighted by Gasteiger charge is 2.12. The van der Waals surface area contributed by atoms with Gasteiger partial charge in [0.05, 0.1) is 17.8 Å². The van der Waals surface area contributed by atoms with E-state index < -0.39 is 5.97 Å². The smallest absolute Gasteiger partial charge is 0.336 e. The van der Waals surface area contributed by atoms with Crippen LogP contribution in [0.25, 0.3) is 11.1 Å². The van der Waals surface area contributed by atoms with Gasteiger partial charge in [0.1, 0.15) is 0 Å². The van der Waals surface area contributed by atoms with Crippen LogP contribution < -0.4 is 4.90 Å². The Bertz CT molecular complexity index is 894. The highest BCUT2D eigenvalue weighted by atomic mass is 16.4. The van der Waals surface area contributed by atoms with Crippen molar-refractivity contribution >= 4 is 11.9 Å². The Hall–Kier alpha value is -3.28. The van der Waals surface area contributed by atoms with Gasteiger partial charge in [-0.2, -0.15) is 0 Å². The van der Waals surface area contributed by atoms with Gasteiger partial charge < -0.3 is 10.0 Å². The molecular formula is C19H18N4O2. The number of carboxylic acid groups (broad SMARTS) is 1. The summed E-state index contributed by atoms with van der Waals surface area (Å²) >= 11 is 0. The van der Waals surface area contributed by atoms with Gasteiger partial charge in [-0.15, -0.1) is 0 Å². The Kier molecular flexibility index (Phi) is 4.70. The molecule has 3 rings (SSSR count). The maximum atomic E-state index is 11.4. The maximum absolute atomic E-state index is 11.4. The molecular weight excluding hydrogens is 316 g/mol. The number of carboxylic acids is 1. The molecule has 0 amide bonds. The molecule has 0 saturated carbocycles. The number of pyridine rings is 1. The molecule has 0 fully saturated rings. The highest BCUT2D eigenvalue weighted by molar-refractivity contribution is 5.95. The predicted octanol–water partition coefficient (Wildman–Crippen LogP) is 3.18. The fourth-order valence-corrected chi connectivity index (χ4v) is 2.53. The predicted molar refractivity (Wildman–Crippen MR) is 95.5 cm³/mol. The van der Waals surface area contributed by atoms with Crippen molar-refractivity contribution < 1.29 is 9.90 Å². The summed E-state index contributed by atoms with van der Waals surface area (Å²) in [4.78, 5) is 26.4. The van der Waals surface area contributed by atoms with Crippen molar-refractivity contribution in [1.82, 2.24) is 15.0 Å². The fraction of sp³-hybridized carbons (Fsp3) is 0.158. The summed E-state index contributed by atoms with van der Waals surface area (Å²) in [5, 5.41) is 9.31. The number of aryl methyl sites for hydroxylation is 1. The van der Waals surface area contributed by atoms with E-state index >= 15 is 0 Å². The van der Waals surface area contributed by atoms with Crippen LogP contribution >= 0.6 is 0 Å². The summed E-state index contributed by atoms with van der Waals surface area (Å²) in [6, 6.07) is 12.5. The molecule has 1 N–H and O–H groups in total. The van der Waals surface area contributed by atoms with Crippen LogP contribution in [0.5, 0.6) is 0 Å². The molecule has 1 aromatic carbocycles. The summed E-state index contributed by atoms with van der Waals surface area (Å²) < 4.78 is 0. The molecule has 0 bridgehead atoms. The first-order chi connectivity index (χ1) is 12.0. The molecule has 25 heavy (non-hydrogen) atoms. The highest BCUT2D eigenvalue weighted by Crippen LogP contribution is 2.23. The molecule has 6 nitrogen and oxygen atoms in total. The summed E-state index contributed by atoms with van der Waals surface area (Å²) in [7, 11) is 1.91. The monoisotopic (exact) mass is 334 g/mol. The molecule has 0 aliphatic carbocycles. The lowest BCUT2D eigenvalue weighted by Gasteiger charge is -2.16. The lowest BCUT2D eigenvalue weighted by atomic mass is 10.0. The SMILES string of the molecule is Cc1ccnc(N(C)Cc2ccc(-c3ccccc3C(=O)O)cn2)n1. The van der Waals surface area contributed by atoms with Crippen molar-refractivity contribution in [2.45, 2.75) is 13.5 Å². The number of benzene rings is 1. The number of aromatic carboxylic acids is 1. The topological polar surface area (TPSA) is 79.2 Å². The van der Waals surface area contributed by atoms with E-state index in [9.17, 15) is 9.90 Å². The van der Waals surface area contributed by atoms with Gasteiger partial charge in [0.25, 0.3) is 0 Å². The third kappa shape index (κ3) is 3.80. The van der Waals surface area contributed by atoms with E-state index in [1.54, 1.807) is 30.6 Å². The minimum Gasteiger partial charge on any atom is -0.478 e. The molecule has 2 aromatic heterocycles. The van der Waals surface area contributed by atoms with E-state index in [0.29, 0.717) is 18.1 Å². The molecule has 0 saturated heterocycles. The third-order valence-corrected chi connectivity index (χ3v) is 3.82. The zero-order chi connectivity index (χ0) is 17.8. The van der Waals surface area contributed by atoms with Crippen molar-refractivity contribution in [3.63, 3.8) is 0 Å². The zero-order valence-corrected chi connectivity index (χ0v) is 14.0. The van der Waals surface area contributed by atoms with Crippen molar-refractivity contribution in [2.75, 3.05) is 11.9 Å². The lowest BCUT2D eigenvalue weighted by molar-refractivity contribution is 0.0697. The normalized spacial score (nSPS) is 10.5. The van der Waals surface area contributed by atoms with Crippen LogP contribution in [0.2, 0.25) is 0 Å². The van der Waals surface area contributed by atoms with E-state index in [1.165, 1.54) is 0 Å². The van der Waals surface area contributed by atoms with Gasteiger partial charge in [0.15, 0.2) is 0 Å². The first-order valence-electron chi connectivity index (χ1n) is 7.83. The van der Waals surface area contributed by atoms with Crippen molar-refractivity contribution in [2.24, 2.45) is 0 Å². The van der Waals surface area contributed by atoms with Crippen LogP contribution in [-0.2, 0) is 6.54 Å². The maximum Gasteiger partial charge on any atom is 0.336 e. The average Bonchev–Trinajstić information content (AvgIpc) is 2.62. The largest absolute Gasteiger partial charge is 0.478 e. The molecule has 3 aromatic rings. The van der Waals surface area contributed by atoms with Crippen LogP contribution in [0, 0.1) is 6.92 Å². The summed E-state index contributed by atoms with van der Waals surface area (Å²) in [5.41, 5.74) is 3.46. The minimum atomic E-state index is -0.948. The molecule has 0 radical (unpaired) electrons. The fourth-order valence-electron chi connectivity index (χ4n) is 2.53. The number of anilines is 1. The van der Waals surface area contributed by atoms with Gasteiger partial charge >= 0.3 is 5.97 Å². The summed E-state index contributed by atoms with van der Waals surface area (Å²) in [5.74, 6) is -0.307. The van der Waals surface area contributed by atoms with Gasteiger partial charge in [-0.25, -0.2) is 14.8 Å². The molecule has 0 aliphatic heterocycles. The van der Waals surface area contributed by atoms with Gasteiger partial charge in [0.2, 0.25) is 5.95 Å². The van der Waals surface area contributed by atoms with Gasteiger partial charge in [-0.05, 0) is 30.7 Å². The van der Waals surface area contributed by atoms with Crippen molar-refractivity contribution in [3.8, 4) is 11.1 Å². The van der Waals surface area contributed by atoms with E-state index in [2.05, 4.69) is 15.0 Å². The first kappa shape index (κ1) is 16.6. The van der Waals surface area contributed by atoms with Gasteiger partial charge in [-0.1, -0.05) is 24.3 Å². The lowest BCUT2D eigenvalue weighted by Crippen LogP contribution is -2.19. The minimum absolute atomic E-state index is 0.266. The Morgan fingerprint density at radius 3 is 2.60 bits per heavy atom. The molecule has 0 unspecified atom stereocenters. The molecule has 0 atom stereocenters. The standard InChI is InChI=1S/C19H18N4O2/c1-13-9-10-20-19(22-13)23(2)12-15-8-7-14(11-21-15)16-5-3-4-6-17(16)18(24)25/h3-11H,12H2,1-2H3,(H,24,25). The van der Waals surface area contributed by atoms with E-state index in [4.69, 9.17) is 0 Å². The third-order valence-electron chi connectivity index (χ3n) is 3.82. The van der Waals surface area contributed by atoms with E-state index in [-0.39, 0.29) is 5.56 Å². The first-order valence-corrected chi connectivity index (χ1v) is 7.83. The number of hydrogen-bond donors (Lipinski definition) is 1. The summed E-state index contributed by atoms with van der Waals surface area (Å²) in [6.07, 6.45) is 3.43. The number of aromatic nitrogens is 3. The second kappa shape index (κ2) is 7.09. The van der Waals surface area contributed by atoms with E-state index in [0.717, 1.165) is 17.0 Å². The van der Waals surface area contributed by atoms with E-state index in [1.807, 2.05) is 43.1 Å². The Morgan fingerprint density at radius 1 is 1.12 bits per heavy atom. The molecule has 0 aliphatic rings. The van der Waals surface area contributed by atoms with Crippen molar-refractivity contribution in [1.29, 1.82) is 0 Å². The Balaban J connectivity index is 1.80. The Morgan fingerprint density at radius 2 is 1.92 bits per heavy atom. The molecule has 2 heterocycles. The van der Waals surface area contributed by atoms with Crippen LogP contribution in [0.1, 0.15) is 21.7 Å². The van der Waals surface area contributed by atoms with Gasteiger partial charge in [0, 0.05) is 30.7 Å². The van der Waals surface area contributed by atoms with Crippen LogP contribution in [-0.4, -0.2) is 33.1 Å². The second-order valence-corrected chi connectivity index (χ2v) is 5.74. The van der Waals surface area contributed by atoms with Gasteiger partial charge in [-0.3, -0.25) is 4.98 Å². The zero-order valence-electron chi connectivity index (χ0n) is 14.0. The summed E-state index contributed by atoms with van der Waals surface area (Å²) in [6.45, 7) is 2.48. The molecule has 0 spiro atoms. The molecule has 6 heteroatoms. The Labute approximate surface area is 145 Å².